The van der Waals surface area contributed by atoms with Crippen molar-refractivity contribution >= 4 is 11.9 Å². The average Bonchev–Trinajstić information content (AvgIpc) is 2.20. The zero-order valence-electron chi connectivity index (χ0n) is 8.23. The number of aliphatic hydroxyl groups is 1. The number of rotatable bonds is 3. The number of carbonyl (C=O) groups is 2. The Morgan fingerprint density at radius 1 is 1.64 bits per heavy atom. The topological polar surface area (TPSA) is 66.8 Å². The largest absolute Gasteiger partial charge is 0.467 e. The number of ether oxygens (including phenoxy) is 1. The van der Waals surface area contributed by atoms with Crippen molar-refractivity contribution in [3.8, 4) is 0 Å². The summed E-state index contributed by atoms with van der Waals surface area (Å²) in [5.41, 5.74) is 0. The molecule has 5 nitrogen and oxygen atoms in total. The standard InChI is InChI=1S/C9H15NO4/c1-14-9(13)7(11)6-10-5-3-2-4-8(10)12/h7,11H,2-6H2,1H3. The molecule has 1 aliphatic rings. The van der Waals surface area contributed by atoms with E-state index in [9.17, 15) is 14.7 Å². The highest BCUT2D eigenvalue weighted by Gasteiger charge is 2.24. The molecule has 1 unspecified atom stereocenters. The Kier molecular flexibility index (Phi) is 3.88. The summed E-state index contributed by atoms with van der Waals surface area (Å²) in [6.07, 6.45) is 1.11. The predicted octanol–water partition coefficient (Wildman–Crippen LogP) is -0.467. The summed E-state index contributed by atoms with van der Waals surface area (Å²) in [5, 5.41) is 9.32. The molecule has 80 valence electrons. The Hall–Kier alpha value is -1.10. The molecular weight excluding hydrogens is 186 g/mol. The number of likely N-dealkylation sites (tertiary alicyclic amines) is 1. The second-order valence-electron chi connectivity index (χ2n) is 3.34. The number of aliphatic hydroxyl groups excluding tert-OH is 1. The lowest BCUT2D eigenvalue weighted by Crippen LogP contribution is -2.43. The van der Waals surface area contributed by atoms with Gasteiger partial charge in [0.15, 0.2) is 6.10 Å². The molecule has 0 radical (unpaired) electrons. The van der Waals surface area contributed by atoms with Crippen LogP contribution in [0.25, 0.3) is 0 Å². The number of methoxy groups -OCH3 is 1. The fourth-order valence-electron chi connectivity index (χ4n) is 1.47. The third-order valence-electron chi connectivity index (χ3n) is 2.29. The second kappa shape index (κ2) is 4.95. The fraction of sp³-hybridized carbons (Fsp3) is 0.778. The van der Waals surface area contributed by atoms with E-state index in [4.69, 9.17) is 0 Å². The lowest BCUT2D eigenvalue weighted by Gasteiger charge is -2.27. The van der Waals surface area contributed by atoms with Crippen LogP contribution in [0.3, 0.4) is 0 Å². The molecule has 0 aliphatic carbocycles. The minimum atomic E-state index is -1.22. The Balaban J connectivity index is 2.42. The van der Waals surface area contributed by atoms with Crippen molar-refractivity contribution in [2.24, 2.45) is 0 Å². The first kappa shape index (κ1) is 11.0. The van der Waals surface area contributed by atoms with Gasteiger partial charge in [-0.05, 0) is 12.8 Å². The van der Waals surface area contributed by atoms with Crippen molar-refractivity contribution in [3.05, 3.63) is 0 Å². The zero-order chi connectivity index (χ0) is 10.6. The van der Waals surface area contributed by atoms with Crippen LogP contribution in [0.1, 0.15) is 19.3 Å². The Morgan fingerprint density at radius 3 is 2.93 bits per heavy atom. The summed E-state index contributed by atoms with van der Waals surface area (Å²) < 4.78 is 4.36. The van der Waals surface area contributed by atoms with E-state index >= 15 is 0 Å². The van der Waals surface area contributed by atoms with Gasteiger partial charge >= 0.3 is 5.97 Å². The third kappa shape index (κ3) is 2.70. The van der Waals surface area contributed by atoms with E-state index in [0.717, 1.165) is 12.8 Å². The van der Waals surface area contributed by atoms with Crippen molar-refractivity contribution in [2.45, 2.75) is 25.4 Å². The molecule has 1 atom stereocenters. The summed E-state index contributed by atoms with van der Waals surface area (Å²) in [6, 6.07) is 0. The maximum absolute atomic E-state index is 11.3. The lowest BCUT2D eigenvalue weighted by atomic mass is 10.1. The molecule has 1 heterocycles. The van der Waals surface area contributed by atoms with Crippen LogP contribution < -0.4 is 0 Å². The number of esters is 1. The SMILES string of the molecule is COC(=O)C(O)CN1CCCCC1=O. The van der Waals surface area contributed by atoms with E-state index in [1.807, 2.05) is 0 Å². The van der Waals surface area contributed by atoms with Crippen LogP contribution in [0.2, 0.25) is 0 Å². The van der Waals surface area contributed by atoms with Crippen molar-refractivity contribution in [1.29, 1.82) is 0 Å². The molecule has 1 aliphatic heterocycles. The van der Waals surface area contributed by atoms with Gasteiger partial charge in [0.25, 0.3) is 0 Å². The van der Waals surface area contributed by atoms with Crippen LogP contribution in [0.5, 0.6) is 0 Å². The van der Waals surface area contributed by atoms with Crippen LogP contribution in [0, 0.1) is 0 Å². The van der Waals surface area contributed by atoms with E-state index < -0.39 is 12.1 Å². The van der Waals surface area contributed by atoms with Gasteiger partial charge in [0.2, 0.25) is 5.91 Å². The molecule has 0 aromatic carbocycles. The number of amides is 1. The molecule has 0 saturated carbocycles. The summed E-state index contributed by atoms with van der Waals surface area (Å²) in [6.45, 7) is 0.665. The Labute approximate surface area is 82.6 Å². The first-order chi connectivity index (χ1) is 6.65. The van der Waals surface area contributed by atoms with E-state index in [-0.39, 0.29) is 12.5 Å². The summed E-state index contributed by atoms with van der Waals surface area (Å²) in [4.78, 5) is 23.7. The van der Waals surface area contributed by atoms with Gasteiger partial charge in [-0.2, -0.15) is 0 Å². The number of hydrogen-bond donors (Lipinski definition) is 1. The molecule has 14 heavy (non-hydrogen) atoms. The predicted molar refractivity (Wildman–Crippen MR) is 48.5 cm³/mol. The number of piperidine rings is 1. The molecule has 1 rings (SSSR count). The van der Waals surface area contributed by atoms with Gasteiger partial charge in [0.05, 0.1) is 13.7 Å². The second-order valence-corrected chi connectivity index (χ2v) is 3.34. The minimum Gasteiger partial charge on any atom is -0.467 e. The first-order valence-corrected chi connectivity index (χ1v) is 4.69. The molecular formula is C9H15NO4. The van der Waals surface area contributed by atoms with Crippen molar-refractivity contribution in [1.82, 2.24) is 4.90 Å². The third-order valence-corrected chi connectivity index (χ3v) is 2.29. The molecule has 0 aromatic heterocycles. The van der Waals surface area contributed by atoms with Gasteiger partial charge < -0.3 is 14.7 Å². The smallest absolute Gasteiger partial charge is 0.336 e. The summed E-state index contributed by atoms with van der Waals surface area (Å²) >= 11 is 0. The van der Waals surface area contributed by atoms with Gasteiger partial charge in [0, 0.05) is 13.0 Å². The molecule has 1 N–H and O–H groups in total. The highest BCUT2D eigenvalue weighted by Crippen LogP contribution is 2.10. The summed E-state index contributed by atoms with van der Waals surface area (Å²) in [7, 11) is 1.21. The molecule has 5 heteroatoms. The van der Waals surface area contributed by atoms with Crippen LogP contribution >= 0.6 is 0 Å². The van der Waals surface area contributed by atoms with Gasteiger partial charge in [-0.25, -0.2) is 4.79 Å². The van der Waals surface area contributed by atoms with Crippen LogP contribution in [-0.2, 0) is 14.3 Å². The number of β-amino-alcohol motifs (C(OH)–C–C–N with tert-alkyl or cyclic N) is 1. The van der Waals surface area contributed by atoms with Crippen molar-refractivity contribution < 1.29 is 19.4 Å². The molecule has 0 spiro atoms. The molecule has 1 amide bonds. The summed E-state index contributed by atoms with van der Waals surface area (Å²) in [5.74, 6) is -0.692. The Bertz CT molecular complexity index is 229. The van der Waals surface area contributed by atoms with Gasteiger partial charge in [-0.3, -0.25) is 4.79 Å². The minimum absolute atomic E-state index is 0.000738. The fourth-order valence-corrected chi connectivity index (χ4v) is 1.47. The Morgan fingerprint density at radius 2 is 2.36 bits per heavy atom. The van der Waals surface area contributed by atoms with Gasteiger partial charge in [0.1, 0.15) is 0 Å². The quantitative estimate of drug-likeness (QED) is 0.627. The molecule has 1 fully saturated rings. The molecule has 0 aromatic rings. The van der Waals surface area contributed by atoms with Crippen molar-refractivity contribution in [3.63, 3.8) is 0 Å². The van der Waals surface area contributed by atoms with Crippen molar-refractivity contribution in [2.75, 3.05) is 20.2 Å². The van der Waals surface area contributed by atoms with Crippen LogP contribution in [-0.4, -0.2) is 48.2 Å². The van der Waals surface area contributed by atoms with E-state index in [1.165, 1.54) is 12.0 Å². The number of carbonyl (C=O) groups excluding carboxylic acids is 2. The monoisotopic (exact) mass is 201 g/mol. The van der Waals surface area contributed by atoms with Crippen LogP contribution in [0.15, 0.2) is 0 Å². The first-order valence-electron chi connectivity index (χ1n) is 4.69. The van der Waals surface area contributed by atoms with Crippen LogP contribution in [0.4, 0.5) is 0 Å². The zero-order valence-corrected chi connectivity index (χ0v) is 8.23. The maximum Gasteiger partial charge on any atom is 0.336 e. The highest BCUT2D eigenvalue weighted by atomic mass is 16.5. The average molecular weight is 201 g/mol. The van der Waals surface area contributed by atoms with Gasteiger partial charge in [-0.1, -0.05) is 0 Å². The van der Waals surface area contributed by atoms with E-state index in [0.29, 0.717) is 13.0 Å². The molecule has 1 saturated heterocycles. The number of nitrogens with zero attached hydrogens (tertiary/aromatic N) is 1. The maximum atomic E-state index is 11.3. The number of hydrogen-bond acceptors (Lipinski definition) is 4. The molecule has 0 bridgehead atoms. The normalized spacial score (nSPS) is 19.3. The lowest BCUT2D eigenvalue weighted by molar-refractivity contribution is -0.152. The highest BCUT2D eigenvalue weighted by molar-refractivity contribution is 5.79. The van der Waals surface area contributed by atoms with Gasteiger partial charge in [-0.15, -0.1) is 0 Å². The van der Waals surface area contributed by atoms with E-state index in [2.05, 4.69) is 4.74 Å². The van der Waals surface area contributed by atoms with E-state index in [1.54, 1.807) is 0 Å².